The molecular weight excluding hydrogens is 285 g/mol. The Morgan fingerprint density at radius 3 is 2.36 bits per heavy atom. The number of oxazole rings is 1. The fourth-order valence-electron chi connectivity index (χ4n) is 2.15. The molecular formula is C17H12FNO3. The minimum absolute atomic E-state index is 0.241. The van der Waals surface area contributed by atoms with Crippen LogP contribution in [0.4, 0.5) is 4.39 Å². The van der Waals surface area contributed by atoms with Gasteiger partial charge in [0.25, 0.3) is 0 Å². The number of benzene rings is 2. The number of rotatable bonds is 4. The molecule has 1 heterocycles. The summed E-state index contributed by atoms with van der Waals surface area (Å²) in [6.45, 7) is 0. The van der Waals surface area contributed by atoms with E-state index in [1.165, 1.54) is 12.1 Å². The van der Waals surface area contributed by atoms with E-state index in [1.54, 1.807) is 12.1 Å². The van der Waals surface area contributed by atoms with Crippen molar-refractivity contribution < 1.29 is 18.7 Å². The van der Waals surface area contributed by atoms with Crippen LogP contribution in [-0.2, 0) is 11.2 Å². The maximum Gasteiger partial charge on any atom is 0.309 e. The summed E-state index contributed by atoms with van der Waals surface area (Å²) in [5, 5.41) is 9.02. The average molecular weight is 297 g/mol. The van der Waals surface area contributed by atoms with Gasteiger partial charge in [-0.1, -0.05) is 30.3 Å². The van der Waals surface area contributed by atoms with Crippen LogP contribution in [0.2, 0.25) is 0 Å². The van der Waals surface area contributed by atoms with Crippen LogP contribution in [-0.4, -0.2) is 16.1 Å². The van der Waals surface area contributed by atoms with E-state index in [9.17, 15) is 9.18 Å². The third-order valence-corrected chi connectivity index (χ3v) is 3.14. The zero-order chi connectivity index (χ0) is 15.5. The van der Waals surface area contributed by atoms with Crippen molar-refractivity contribution in [2.75, 3.05) is 0 Å². The minimum atomic E-state index is -0.990. The van der Waals surface area contributed by atoms with Gasteiger partial charge in [-0.2, -0.15) is 0 Å². The summed E-state index contributed by atoms with van der Waals surface area (Å²) in [4.78, 5) is 15.3. The van der Waals surface area contributed by atoms with Crippen molar-refractivity contribution in [2.24, 2.45) is 0 Å². The van der Waals surface area contributed by atoms with Gasteiger partial charge in [-0.15, -0.1) is 0 Å². The summed E-state index contributed by atoms with van der Waals surface area (Å²) < 4.78 is 18.7. The van der Waals surface area contributed by atoms with E-state index in [0.29, 0.717) is 17.0 Å². The molecule has 0 bridgehead atoms. The fraction of sp³-hybridized carbons (Fsp3) is 0.0588. The number of carboxylic acid groups (broad SMARTS) is 1. The van der Waals surface area contributed by atoms with Gasteiger partial charge < -0.3 is 9.52 Å². The van der Waals surface area contributed by atoms with Crippen molar-refractivity contribution in [2.45, 2.75) is 6.42 Å². The molecule has 0 amide bonds. The van der Waals surface area contributed by atoms with E-state index in [0.717, 1.165) is 5.56 Å². The number of carboxylic acids is 1. The van der Waals surface area contributed by atoms with Gasteiger partial charge in [0.15, 0.2) is 5.76 Å². The lowest BCUT2D eigenvalue weighted by molar-refractivity contribution is -0.136. The topological polar surface area (TPSA) is 63.3 Å². The first-order chi connectivity index (χ1) is 10.6. The Labute approximate surface area is 125 Å². The lowest BCUT2D eigenvalue weighted by Gasteiger charge is -1.98. The van der Waals surface area contributed by atoms with Crippen molar-refractivity contribution in [1.82, 2.24) is 4.98 Å². The molecule has 0 atom stereocenters. The number of hydrogen-bond donors (Lipinski definition) is 1. The average Bonchev–Trinajstić information content (AvgIpc) is 2.92. The van der Waals surface area contributed by atoms with Gasteiger partial charge in [0.05, 0.1) is 12.1 Å². The minimum Gasteiger partial charge on any atom is -0.481 e. The van der Waals surface area contributed by atoms with Crippen molar-refractivity contribution in [1.29, 1.82) is 0 Å². The molecule has 1 N–H and O–H groups in total. The number of nitrogens with zero attached hydrogens (tertiary/aromatic N) is 1. The zero-order valence-corrected chi connectivity index (χ0v) is 11.5. The molecule has 3 rings (SSSR count). The van der Waals surface area contributed by atoms with Crippen LogP contribution < -0.4 is 0 Å². The Bertz CT molecular complexity index is 795. The number of aliphatic carboxylic acids is 1. The highest BCUT2D eigenvalue weighted by Crippen LogP contribution is 2.30. The molecule has 3 aromatic rings. The van der Waals surface area contributed by atoms with Gasteiger partial charge in [-0.25, -0.2) is 9.37 Å². The van der Waals surface area contributed by atoms with Crippen molar-refractivity contribution >= 4 is 5.97 Å². The summed E-state index contributed by atoms with van der Waals surface area (Å²) in [6, 6.07) is 14.9. The van der Waals surface area contributed by atoms with E-state index < -0.39 is 5.97 Å². The lowest BCUT2D eigenvalue weighted by atomic mass is 10.1. The van der Waals surface area contributed by atoms with E-state index in [1.807, 2.05) is 30.3 Å². The van der Waals surface area contributed by atoms with Crippen LogP contribution in [0.5, 0.6) is 0 Å². The third-order valence-electron chi connectivity index (χ3n) is 3.14. The highest BCUT2D eigenvalue weighted by atomic mass is 19.1. The molecule has 0 spiro atoms. The molecule has 2 aromatic carbocycles. The first-order valence-corrected chi connectivity index (χ1v) is 6.66. The van der Waals surface area contributed by atoms with Crippen molar-refractivity contribution in [3.8, 4) is 22.8 Å². The molecule has 0 aliphatic rings. The number of carbonyl (C=O) groups is 1. The largest absolute Gasteiger partial charge is 0.481 e. The molecule has 0 aliphatic heterocycles. The van der Waals surface area contributed by atoms with Gasteiger partial charge in [-0.3, -0.25) is 4.79 Å². The summed E-state index contributed by atoms with van der Waals surface area (Å²) in [5.41, 5.74) is 1.69. The highest BCUT2D eigenvalue weighted by Gasteiger charge is 2.18. The molecule has 0 saturated carbocycles. The number of halogens is 1. The van der Waals surface area contributed by atoms with Crippen molar-refractivity contribution in [3.05, 3.63) is 66.1 Å². The molecule has 110 valence electrons. The van der Waals surface area contributed by atoms with E-state index >= 15 is 0 Å². The second-order valence-electron chi connectivity index (χ2n) is 4.74. The maximum absolute atomic E-state index is 13.0. The summed E-state index contributed by atoms with van der Waals surface area (Å²) in [5.74, 6) is -0.655. The monoisotopic (exact) mass is 297 g/mol. The Kier molecular flexibility index (Phi) is 3.70. The van der Waals surface area contributed by atoms with E-state index in [4.69, 9.17) is 9.52 Å². The first-order valence-electron chi connectivity index (χ1n) is 6.66. The molecule has 4 nitrogen and oxygen atoms in total. The van der Waals surface area contributed by atoms with Crippen LogP contribution in [0, 0.1) is 5.82 Å². The fourth-order valence-corrected chi connectivity index (χ4v) is 2.15. The van der Waals surface area contributed by atoms with Crippen LogP contribution in [0.15, 0.2) is 59.0 Å². The molecule has 0 fully saturated rings. The molecule has 0 radical (unpaired) electrons. The van der Waals surface area contributed by atoms with Gasteiger partial charge in [0, 0.05) is 11.1 Å². The van der Waals surface area contributed by atoms with E-state index in [2.05, 4.69) is 4.98 Å². The predicted molar refractivity (Wildman–Crippen MR) is 78.7 cm³/mol. The van der Waals surface area contributed by atoms with Crippen LogP contribution in [0.25, 0.3) is 22.8 Å². The smallest absolute Gasteiger partial charge is 0.309 e. The van der Waals surface area contributed by atoms with Crippen LogP contribution in [0.1, 0.15) is 5.69 Å². The quantitative estimate of drug-likeness (QED) is 0.796. The molecule has 1 aromatic heterocycles. The van der Waals surface area contributed by atoms with Crippen LogP contribution >= 0.6 is 0 Å². The van der Waals surface area contributed by atoms with Gasteiger partial charge in [0.1, 0.15) is 5.82 Å². The van der Waals surface area contributed by atoms with Gasteiger partial charge in [-0.05, 0) is 24.3 Å². The first kappa shape index (κ1) is 14.0. The normalized spacial score (nSPS) is 10.6. The molecule has 22 heavy (non-hydrogen) atoms. The SMILES string of the molecule is O=C(O)Cc1nc(-c2ccc(F)cc2)oc1-c1ccccc1. The lowest BCUT2D eigenvalue weighted by Crippen LogP contribution is -2.01. The molecule has 0 saturated heterocycles. The van der Waals surface area contributed by atoms with Crippen molar-refractivity contribution in [3.63, 3.8) is 0 Å². The Hall–Kier alpha value is -2.95. The maximum atomic E-state index is 13.0. The third kappa shape index (κ3) is 2.88. The standard InChI is InChI=1S/C17H12FNO3/c18-13-8-6-12(7-9-13)17-19-14(10-15(20)21)16(22-17)11-4-2-1-3-5-11/h1-9H,10H2,(H,20,21). The second kappa shape index (κ2) is 5.81. The van der Waals surface area contributed by atoms with Gasteiger partial charge >= 0.3 is 5.97 Å². The number of hydrogen-bond acceptors (Lipinski definition) is 3. The Balaban J connectivity index is 2.08. The van der Waals surface area contributed by atoms with Crippen LogP contribution in [0.3, 0.4) is 0 Å². The molecule has 0 aliphatic carbocycles. The summed E-state index contributed by atoms with van der Waals surface area (Å²) in [6.07, 6.45) is -0.241. The zero-order valence-electron chi connectivity index (χ0n) is 11.5. The highest BCUT2D eigenvalue weighted by molar-refractivity contribution is 5.74. The molecule has 0 unspecified atom stereocenters. The summed E-state index contributed by atoms with van der Waals surface area (Å²) in [7, 11) is 0. The molecule has 5 heteroatoms. The van der Waals surface area contributed by atoms with Gasteiger partial charge in [0.2, 0.25) is 5.89 Å². The van der Waals surface area contributed by atoms with E-state index in [-0.39, 0.29) is 18.1 Å². The summed E-state index contributed by atoms with van der Waals surface area (Å²) >= 11 is 0. The number of aromatic nitrogens is 1. The Morgan fingerprint density at radius 1 is 1.05 bits per heavy atom. The predicted octanol–water partition coefficient (Wildman–Crippen LogP) is 3.77. The second-order valence-corrected chi connectivity index (χ2v) is 4.74. The Morgan fingerprint density at radius 2 is 1.73 bits per heavy atom.